The lowest BCUT2D eigenvalue weighted by Crippen LogP contribution is -2.42. The number of carboxylic acid groups (broad SMARTS) is 2. The molecule has 2 aromatic heterocycles. The summed E-state index contributed by atoms with van der Waals surface area (Å²) >= 11 is 0. The van der Waals surface area contributed by atoms with Gasteiger partial charge in [-0.1, -0.05) is 0 Å². The number of benzene rings is 1. The van der Waals surface area contributed by atoms with Crippen molar-refractivity contribution < 1.29 is 34.2 Å². The molecule has 0 saturated carbocycles. The minimum absolute atomic E-state index is 0.0173. The van der Waals surface area contributed by atoms with Crippen molar-refractivity contribution in [1.29, 1.82) is 0 Å². The lowest BCUT2D eigenvalue weighted by atomic mass is 10.1. The first-order valence-electron chi connectivity index (χ1n) is 15.3. The van der Waals surface area contributed by atoms with E-state index in [-0.39, 0.29) is 61.3 Å². The van der Waals surface area contributed by atoms with E-state index in [1.54, 1.807) is 19.1 Å². The number of nitrogens with one attached hydrogen (secondary N) is 5. The van der Waals surface area contributed by atoms with Crippen LogP contribution in [0.4, 0.5) is 11.6 Å². The number of amides is 3. The zero-order valence-corrected chi connectivity index (χ0v) is 26.3. The van der Waals surface area contributed by atoms with E-state index in [0.29, 0.717) is 30.8 Å². The highest BCUT2D eigenvalue weighted by Crippen LogP contribution is 2.13. The molecule has 18 heteroatoms. The fourth-order valence-electron chi connectivity index (χ4n) is 4.55. The molecular formula is C30H40N10O8. The van der Waals surface area contributed by atoms with Crippen LogP contribution in [0, 0.1) is 0 Å². The number of fused-ring (bicyclic) bond motifs is 1. The highest BCUT2D eigenvalue weighted by molar-refractivity contribution is 5.97. The maximum absolute atomic E-state index is 12.8. The zero-order chi connectivity index (χ0) is 35.2. The Hall–Kier alpha value is -5.65. The Morgan fingerprint density at radius 3 is 2.19 bits per heavy atom. The normalized spacial score (nSPS) is 12.8. The molecule has 18 nitrogen and oxygen atoms in total. The molecule has 48 heavy (non-hydrogen) atoms. The van der Waals surface area contributed by atoms with Crippen molar-refractivity contribution in [2.24, 2.45) is 5.73 Å². The molecule has 3 rings (SSSR count). The van der Waals surface area contributed by atoms with Gasteiger partial charge in [0.05, 0.1) is 18.4 Å². The lowest BCUT2D eigenvalue weighted by Gasteiger charge is -2.18. The Kier molecular flexibility index (Phi) is 13.7. The van der Waals surface area contributed by atoms with Crippen LogP contribution < -0.4 is 38.3 Å². The van der Waals surface area contributed by atoms with Crippen LogP contribution in [0.2, 0.25) is 0 Å². The van der Waals surface area contributed by atoms with Crippen molar-refractivity contribution in [2.75, 3.05) is 17.6 Å². The molecule has 0 spiro atoms. The van der Waals surface area contributed by atoms with Crippen molar-refractivity contribution in [3.63, 3.8) is 0 Å². The number of rotatable bonds is 19. The largest absolute Gasteiger partial charge is 0.480 e. The molecular weight excluding hydrogens is 628 g/mol. The van der Waals surface area contributed by atoms with Crippen LogP contribution in [0.1, 0.15) is 67.9 Å². The number of anilines is 2. The van der Waals surface area contributed by atoms with E-state index < -0.39 is 53.3 Å². The van der Waals surface area contributed by atoms with Gasteiger partial charge in [0.15, 0.2) is 11.2 Å². The summed E-state index contributed by atoms with van der Waals surface area (Å²) in [5, 5.41) is 29.6. The number of unbranched alkanes of at least 4 members (excludes halogenated alkanes) is 1. The highest BCUT2D eigenvalue weighted by Gasteiger charge is 2.23. The van der Waals surface area contributed by atoms with Crippen molar-refractivity contribution in [2.45, 2.75) is 76.5 Å². The minimum atomic E-state index is -1.34. The fraction of sp³-hybridized carbons (Fsp3) is 0.433. The van der Waals surface area contributed by atoms with E-state index in [9.17, 15) is 39.0 Å². The SMILES string of the molecule is C[C@@H](CCC(=O)N[C@H](CCCCN)C(=O)O)NC(=O)CC[C@@H](NC(=O)c1ccc(NCc2cnc3nc(N)[nH]c(=O)c3n2)cc1)C(=O)O. The van der Waals surface area contributed by atoms with Gasteiger partial charge >= 0.3 is 11.9 Å². The molecule has 258 valence electrons. The van der Waals surface area contributed by atoms with E-state index in [4.69, 9.17) is 11.5 Å². The maximum atomic E-state index is 12.8. The second kappa shape index (κ2) is 17.9. The van der Waals surface area contributed by atoms with Crippen LogP contribution in [-0.4, -0.2) is 84.5 Å². The lowest BCUT2D eigenvalue weighted by molar-refractivity contribution is -0.142. The molecule has 0 bridgehead atoms. The minimum Gasteiger partial charge on any atom is -0.480 e. The van der Waals surface area contributed by atoms with Gasteiger partial charge in [0, 0.05) is 30.1 Å². The molecule has 0 aliphatic rings. The first-order valence-corrected chi connectivity index (χ1v) is 15.3. The highest BCUT2D eigenvalue weighted by atomic mass is 16.4. The van der Waals surface area contributed by atoms with Crippen molar-refractivity contribution in [3.05, 3.63) is 52.1 Å². The summed E-state index contributed by atoms with van der Waals surface area (Å²) in [6.07, 6.45) is 2.75. The van der Waals surface area contributed by atoms with Gasteiger partial charge < -0.3 is 42.9 Å². The average Bonchev–Trinajstić information content (AvgIpc) is 3.04. The number of nitrogen functional groups attached to an aromatic ring is 1. The number of nitrogens with two attached hydrogens (primary N) is 2. The van der Waals surface area contributed by atoms with Gasteiger partial charge in [-0.2, -0.15) is 4.98 Å². The molecule has 0 radical (unpaired) electrons. The summed E-state index contributed by atoms with van der Waals surface area (Å²) in [7, 11) is 0. The number of aromatic nitrogens is 4. The van der Waals surface area contributed by atoms with Gasteiger partial charge in [0.25, 0.3) is 11.5 Å². The molecule has 0 aliphatic heterocycles. The van der Waals surface area contributed by atoms with Gasteiger partial charge in [-0.25, -0.2) is 19.6 Å². The third-order valence-electron chi connectivity index (χ3n) is 7.16. The zero-order valence-electron chi connectivity index (χ0n) is 26.3. The van der Waals surface area contributed by atoms with Crippen molar-refractivity contribution in [3.8, 4) is 0 Å². The molecule has 0 saturated heterocycles. The summed E-state index contributed by atoms with van der Waals surface area (Å²) in [4.78, 5) is 87.3. The Balaban J connectivity index is 1.43. The molecule has 11 N–H and O–H groups in total. The monoisotopic (exact) mass is 668 g/mol. The Morgan fingerprint density at radius 2 is 1.52 bits per heavy atom. The fourth-order valence-corrected chi connectivity index (χ4v) is 4.55. The smallest absolute Gasteiger partial charge is 0.326 e. The number of carbonyl (C=O) groups excluding carboxylic acids is 3. The summed E-state index contributed by atoms with van der Waals surface area (Å²) in [5.74, 6) is -4.09. The molecule has 2 heterocycles. The molecule has 3 amide bonds. The van der Waals surface area contributed by atoms with Gasteiger partial charge in [0.2, 0.25) is 17.8 Å². The summed E-state index contributed by atoms with van der Waals surface area (Å²) in [5.41, 5.74) is 11.8. The topological polar surface area (TPSA) is 298 Å². The maximum Gasteiger partial charge on any atom is 0.326 e. The molecule has 3 atom stereocenters. The summed E-state index contributed by atoms with van der Waals surface area (Å²) in [6.45, 7) is 2.30. The van der Waals surface area contributed by atoms with Crippen LogP contribution in [0.25, 0.3) is 11.2 Å². The summed E-state index contributed by atoms with van der Waals surface area (Å²) in [6, 6.07) is 3.39. The van der Waals surface area contributed by atoms with Crippen LogP contribution in [-0.2, 0) is 25.7 Å². The van der Waals surface area contributed by atoms with Crippen LogP contribution in [0.15, 0.2) is 35.3 Å². The Bertz CT molecular complexity index is 1660. The number of hydrogen-bond acceptors (Lipinski definition) is 12. The molecule has 1 aromatic carbocycles. The predicted octanol–water partition coefficient (Wildman–Crippen LogP) is -0.146. The van der Waals surface area contributed by atoms with E-state index in [1.165, 1.54) is 18.3 Å². The Morgan fingerprint density at radius 1 is 0.875 bits per heavy atom. The number of carbonyl (C=O) groups is 5. The summed E-state index contributed by atoms with van der Waals surface area (Å²) < 4.78 is 0. The molecule has 0 aliphatic carbocycles. The van der Waals surface area contributed by atoms with Crippen molar-refractivity contribution >= 4 is 52.5 Å². The second-order valence-corrected chi connectivity index (χ2v) is 11.1. The number of H-pyrrole nitrogens is 1. The van der Waals surface area contributed by atoms with Gasteiger partial charge in [-0.15, -0.1) is 0 Å². The number of nitrogens with zero attached hydrogens (tertiary/aromatic N) is 3. The quantitative estimate of drug-likeness (QED) is 0.0751. The second-order valence-electron chi connectivity index (χ2n) is 11.1. The van der Waals surface area contributed by atoms with Crippen LogP contribution >= 0.6 is 0 Å². The Labute approximate surface area is 274 Å². The number of aliphatic carboxylic acids is 2. The average molecular weight is 669 g/mol. The van der Waals surface area contributed by atoms with Crippen LogP contribution in [0.3, 0.4) is 0 Å². The molecule has 0 unspecified atom stereocenters. The number of hydrogen-bond donors (Lipinski definition) is 9. The number of carboxylic acids is 2. The van der Waals surface area contributed by atoms with Gasteiger partial charge in [0.1, 0.15) is 12.1 Å². The van der Waals surface area contributed by atoms with Crippen molar-refractivity contribution in [1.82, 2.24) is 35.9 Å². The third-order valence-corrected chi connectivity index (χ3v) is 7.16. The van der Waals surface area contributed by atoms with E-state index in [0.717, 1.165) is 0 Å². The van der Waals surface area contributed by atoms with E-state index >= 15 is 0 Å². The molecule has 0 fully saturated rings. The standard InChI is InChI=1S/C30H40N10O8/c1-16(5-11-23(42)37-20(28(45)46)4-2-3-13-31)35-22(41)12-10-21(29(47)48)38-26(43)17-6-8-18(9-7-17)33-14-19-15-34-25-24(36-19)27(44)40-30(32)39-25/h6-9,15-16,20-21,33H,2-5,10-14,31H2,1H3,(H,35,41)(H,37,42)(H,38,43)(H,45,46)(H,47,48)(H3,32,34,39,40,44)/t16-,20+,21+/m0/s1. The predicted molar refractivity (Wildman–Crippen MR) is 174 cm³/mol. The van der Waals surface area contributed by atoms with Gasteiger partial charge in [-0.05, 0) is 69.8 Å². The van der Waals surface area contributed by atoms with E-state index in [1.807, 2.05) is 0 Å². The van der Waals surface area contributed by atoms with Gasteiger partial charge in [-0.3, -0.25) is 24.2 Å². The first-order chi connectivity index (χ1) is 22.9. The van der Waals surface area contributed by atoms with Crippen LogP contribution in [0.5, 0.6) is 0 Å². The van der Waals surface area contributed by atoms with E-state index in [2.05, 4.69) is 41.2 Å². The molecule has 3 aromatic rings. The third kappa shape index (κ3) is 11.6. The first kappa shape index (κ1) is 36.8. The number of aromatic amines is 1.